The van der Waals surface area contributed by atoms with E-state index in [1.54, 1.807) is 0 Å². The van der Waals surface area contributed by atoms with Gasteiger partial charge in [-0.05, 0) is 12.8 Å². The fraction of sp³-hybridized carbons (Fsp3) is 0.900. The van der Waals surface area contributed by atoms with E-state index in [0.29, 0.717) is 0 Å². The highest BCUT2D eigenvalue weighted by molar-refractivity contribution is 4.89. The third kappa shape index (κ3) is 13.3. The molecule has 0 aromatic carbocycles. The van der Waals surface area contributed by atoms with Crippen molar-refractivity contribution < 1.29 is 0 Å². The van der Waals surface area contributed by atoms with E-state index in [0.717, 1.165) is 12.1 Å². The number of hydrogen-bond donors (Lipinski definition) is 1. The van der Waals surface area contributed by atoms with Crippen molar-refractivity contribution in [3.8, 4) is 0 Å². The molecule has 0 fully saturated rings. The van der Waals surface area contributed by atoms with Gasteiger partial charge in [-0.25, -0.2) is 0 Å². The van der Waals surface area contributed by atoms with Crippen molar-refractivity contribution in [3.05, 3.63) is 11.9 Å². The van der Waals surface area contributed by atoms with Crippen LogP contribution in [-0.2, 0) is 6.42 Å². The maximum atomic E-state index is 4.09. The molecule has 1 heterocycles. The number of nitrogens with zero attached hydrogens (tertiary/aromatic N) is 2. The second kappa shape index (κ2) is 16.0. The highest BCUT2D eigenvalue weighted by atomic mass is 15.3. The Bertz CT molecular complexity index is 322. The number of hydrogen-bond acceptors (Lipinski definition) is 2. The molecule has 3 nitrogen and oxygen atoms in total. The Labute approximate surface area is 144 Å². The van der Waals surface area contributed by atoms with E-state index in [1.807, 2.05) is 6.20 Å². The molecule has 0 spiro atoms. The molecule has 0 radical (unpaired) electrons. The van der Waals surface area contributed by atoms with Crippen LogP contribution >= 0.6 is 0 Å². The molecule has 0 aliphatic rings. The molecule has 0 bridgehead atoms. The first-order chi connectivity index (χ1) is 11.4. The maximum absolute atomic E-state index is 4.09. The van der Waals surface area contributed by atoms with Gasteiger partial charge in [-0.2, -0.15) is 15.4 Å². The zero-order valence-electron chi connectivity index (χ0n) is 15.5. The maximum Gasteiger partial charge on any atom is 0.0824 e. The van der Waals surface area contributed by atoms with Crippen LogP contribution in [0, 0.1) is 0 Å². The molecule has 23 heavy (non-hydrogen) atoms. The van der Waals surface area contributed by atoms with E-state index in [-0.39, 0.29) is 0 Å². The van der Waals surface area contributed by atoms with Gasteiger partial charge in [-0.15, -0.1) is 0 Å². The van der Waals surface area contributed by atoms with Crippen LogP contribution in [0.25, 0.3) is 0 Å². The van der Waals surface area contributed by atoms with Crippen molar-refractivity contribution in [1.29, 1.82) is 0 Å². The molecule has 0 aliphatic heterocycles. The zero-order chi connectivity index (χ0) is 16.4. The van der Waals surface area contributed by atoms with Crippen molar-refractivity contribution in [3.63, 3.8) is 0 Å². The van der Waals surface area contributed by atoms with Gasteiger partial charge in [0.2, 0.25) is 0 Å². The van der Waals surface area contributed by atoms with E-state index >= 15 is 0 Å². The second-order valence-corrected chi connectivity index (χ2v) is 7.01. The third-order valence-electron chi connectivity index (χ3n) is 4.75. The first-order valence-corrected chi connectivity index (χ1v) is 10.3. The average Bonchev–Trinajstić information content (AvgIpc) is 3.08. The normalized spacial score (nSPS) is 11.2. The number of unbranched alkanes of at least 4 members (excludes halogenated alkanes) is 15. The zero-order valence-corrected chi connectivity index (χ0v) is 15.5. The molecule has 1 aromatic heterocycles. The lowest BCUT2D eigenvalue weighted by Crippen LogP contribution is -1.87. The van der Waals surface area contributed by atoms with Crippen LogP contribution in [0.3, 0.4) is 0 Å². The highest BCUT2D eigenvalue weighted by Gasteiger charge is 1.97. The number of nitrogens with one attached hydrogen (secondary N) is 1. The van der Waals surface area contributed by atoms with Crippen molar-refractivity contribution in [2.45, 2.75) is 116 Å². The summed E-state index contributed by atoms with van der Waals surface area (Å²) in [6.45, 7) is 2.29. The summed E-state index contributed by atoms with van der Waals surface area (Å²) in [7, 11) is 0. The Morgan fingerprint density at radius 1 is 0.652 bits per heavy atom. The van der Waals surface area contributed by atoms with E-state index in [1.165, 1.54) is 103 Å². The molecule has 1 aromatic rings. The van der Waals surface area contributed by atoms with Crippen molar-refractivity contribution in [2.24, 2.45) is 0 Å². The predicted octanol–water partition coefficient (Wildman–Crippen LogP) is 6.61. The molecule has 1 N–H and O–H groups in total. The minimum absolute atomic E-state index is 1.08. The Hall–Kier alpha value is -0.860. The largest absolute Gasteiger partial charge is 0.198 e. The lowest BCUT2D eigenvalue weighted by atomic mass is 10.0. The first-order valence-electron chi connectivity index (χ1n) is 10.3. The van der Waals surface area contributed by atoms with E-state index < -0.39 is 0 Å². The van der Waals surface area contributed by atoms with Gasteiger partial charge in [0, 0.05) is 0 Å². The summed E-state index contributed by atoms with van der Waals surface area (Å²) in [5.41, 5.74) is 1.11. The predicted molar refractivity (Wildman–Crippen MR) is 99.6 cm³/mol. The molecular weight excluding hydrogens is 282 g/mol. The summed E-state index contributed by atoms with van der Waals surface area (Å²) in [5, 5.41) is 10.6. The topological polar surface area (TPSA) is 41.6 Å². The van der Waals surface area contributed by atoms with Crippen molar-refractivity contribution in [1.82, 2.24) is 15.4 Å². The molecule has 0 amide bonds. The summed E-state index contributed by atoms with van der Waals surface area (Å²) in [4.78, 5) is 0. The van der Waals surface area contributed by atoms with Crippen molar-refractivity contribution >= 4 is 0 Å². The summed E-state index contributed by atoms with van der Waals surface area (Å²) in [5.74, 6) is 0. The van der Waals surface area contributed by atoms with Crippen LogP contribution in [0.2, 0.25) is 0 Å². The summed E-state index contributed by atoms with van der Waals surface area (Å²) < 4.78 is 0. The summed E-state index contributed by atoms with van der Waals surface area (Å²) >= 11 is 0. The quantitative estimate of drug-likeness (QED) is 0.328. The molecule has 134 valence electrons. The lowest BCUT2D eigenvalue weighted by Gasteiger charge is -2.03. The Morgan fingerprint density at radius 3 is 1.48 bits per heavy atom. The SMILES string of the molecule is CCCCCCCCCCCCCCCCCCc1cn[nH]n1. The minimum atomic E-state index is 1.08. The van der Waals surface area contributed by atoms with Gasteiger partial charge < -0.3 is 0 Å². The van der Waals surface area contributed by atoms with Crippen LogP contribution in [0.4, 0.5) is 0 Å². The van der Waals surface area contributed by atoms with Gasteiger partial charge in [0.15, 0.2) is 0 Å². The fourth-order valence-electron chi connectivity index (χ4n) is 3.20. The van der Waals surface area contributed by atoms with Gasteiger partial charge in [0.05, 0.1) is 11.9 Å². The molecular formula is C20H39N3. The van der Waals surface area contributed by atoms with E-state index in [9.17, 15) is 0 Å². The highest BCUT2D eigenvalue weighted by Crippen LogP contribution is 2.14. The molecule has 1 rings (SSSR count). The monoisotopic (exact) mass is 321 g/mol. The Kier molecular flexibility index (Phi) is 14.1. The molecule has 0 saturated heterocycles. The van der Waals surface area contributed by atoms with Crippen LogP contribution in [0.1, 0.15) is 115 Å². The molecule has 0 atom stereocenters. The van der Waals surface area contributed by atoms with Crippen LogP contribution < -0.4 is 0 Å². The number of H-pyrrole nitrogens is 1. The summed E-state index contributed by atoms with van der Waals surface area (Å²) in [6, 6.07) is 0. The lowest BCUT2D eigenvalue weighted by molar-refractivity contribution is 0.529. The molecule has 0 saturated carbocycles. The molecule has 0 unspecified atom stereocenters. The fourth-order valence-corrected chi connectivity index (χ4v) is 3.20. The minimum Gasteiger partial charge on any atom is -0.198 e. The molecule has 3 heteroatoms. The number of rotatable bonds is 17. The second-order valence-electron chi connectivity index (χ2n) is 7.01. The Morgan fingerprint density at radius 2 is 1.09 bits per heavy atom. The number of aryl methyl sites for hydroxylation is 1. The van der Waals surface area contributed by atoms with Gasteiger partial charge in [0.25, 0.3) is 0 Å². The first kappa shape index (κ1) is 20.2. The van der Waals surface area contributed by atoms with Crippen molar-refractivity contribution in [2.75, 3.05) is 0 Å². The van der Waals surface area contributed by atoms with Gasteiger partial charge in [0.1, 0.15) is 0 Å². The average molecular weight is 322 g/mol. The standard InChI is InChI=1S/C20H39N3/c1-2-3-4-5-6-7-8-9-10-11-12-13-14-15-16-17-18-20-19-21-23-22-20/h19H,2-18H2,1H3,(H,21,22,23). The third-order valence-corrected chi connectivity index (χ3v) is 4.75. The molecule has 0 aliphatic carbocycles. The van der Waals surface area contributed by atoms with E-state index in [4.69, 9.17) is 0 Å². The van der Waals surface area contributed by atoms with Crippen LogP contribution in [0.15, 0.2) is 6.20 Å². The van der Waals surface area contributed by atoms with Gasteiger partial charge >= 0.3 is 0 Å². The van der Waals surface area contributed by atoms with Crippen LogP contribution in [-0.4, -0.2) is 15.4 Å². The summed E-state index contributed by atoms with van der Waals surface area (Å²) in [6.07, 6.45) is 25.7. The van der Waals surface area contributed by atoms with Crippen LogP contribution in [0.5, 0.6) is 0 Å². The smallest absolute Gasteiger partial charge is 0.0824 e. The number of aromatic nitrogens is 3. The van der Waals surface area contributed by atoms with Gasteiger partial charge in [-0.1, -0.05) is 103 Å². The van der Waals surface area contributed by atoms with Gasteiger partial charge in [-0.3, -0.25) is 0 Å². The Balaban J connectivity index is 1.67. The van der Waals surface area contributed by atoms with E-state index in [2.05, 4.69) is 22.3 Å². The number of aromatic amines is 1.